The fourth-order valence-electron chi connectivity index (χ4n) is 5.33. The highest BCUT2D eigenvalue weighted by atomic mass is 32.2. The Morgan fingerprint density at radius 2 is 1.50 bits per heavy atom. The van der Waals surface area contributed by atoms with Gasteiger partial charge in [-0.3, -0.25) is 4.79 Å². The first-order valence-corrected chi connectivity index (χ1v) is 15.1. The number of esters is 1. The summed E-state index contributed by atoms with van der Waals surface area (Å²) in [6, 6.07) is 34.9. The first-order valence-electron chi connectivity index (χ1n) is 14.1. The van der Waals surface area contributed by atoms with Crippen LogP contribution in [0.3, 0.4) is 0 Å². The van der Waals surface area contributed by atoms with Crippen molar-refractivity contribution in [2.24, 2.45) is 4.99 Å². The summed E-state index contributed by atoms with van der Waals surface area (Å²) in [4.78, 5) is 33.7. The van der Waals surface area contributed by atoms with Crippen molar-refractivity contribution in [1.82, 2.24) is 4.90 Å². The minimum absolute atomic E-state index is 0.180. The van der Waals surface area contributed by atoms with Gasteiger partial charge in [0.05, 0.1) is 23.9 Å². The number of rotatable bonds is 7. The molecule has 1 amide bonds. The minimum atomic E-state index is -0.365. The Bertz CT molecular complexity index is 1630. The lowest BCUT2D eigenvalue weighted by atomic mass is 9.91. The molecule has 4 aromatic carbocycles. The van der Waals surface area contributed by atoms with Crippen LogP contribution in [0, 0.1) is 0 Å². The molecule has 6 rings (SSSR count). The molecule has 2 aliphatic rings. The van der Waals surface area contributed by atoms with E-state index in [0.29, 0.717) is 22.5 Å². The second-order valence-corrected chi connectivity index (χ2v) is 11.1. The summed E-state index contributed by atoms with van der Waals surface area (Å²) in [5.41, 5.74) is 6.42. The van der Waals surface area contributed by atoms with E-state index in [1.807, 2.05) is 116 Å². The molecule has 0 saturated carbocycles. The molecule has 0 bridgehead atoms. The normalized spacial score (nSPS) is 16.4. The molecule has 4 aromatic rings. The zero-order chi connectivity index (χ0) is 28.9. The van der Waals surface area contributed by atoms with E-state index in [9.17, 15) is 9.59 Å². The standard InChI is InChI=1S/C35H31N3O3S/c1-2-41-34(40)30-31(26-12-7-4-8-13-26)37-35-38(22-9-23-42-35)32(30)27-18-20-29(21-19-27)36-33(39)28-16-14-25(15-17-28)24-10-5-3-6-11-24/h3-8,10-21,32H,2,9,22-23H2,1H3,(H,36,39). The summed E-state index contributed by atoms with van der Waals surface area (Å²) < 4.78 is 5.57. The number of nitrogens with one attached hydrogen (secondary N) is 1. The van der Waals surface area contributed by atoms with E-state index >= 15 is 0 Å². The van der Waals surface area contributed by atoms with Crippen LogP contribution in [0.5, 0.6) is 0 Å². The second kappa shape index (κ2) is 12.5. The van der Waals surface area contributed by atoms with E-state index < -0.39 is 0 Å². The molecule has 6 nitrogen and oxygen atoms in total. The highest BCUT2D eigenvalue weighted by Gasteiger charge is 2.39. The lowest BCUT2D eigenvalue weighted by Gasteiger charge is -2.41. The van der Waals surface area contributed by atoms with Crippen molar-refractivity contribution in [3.63, 3.8) is 0 Å². The molecular weight excluding hydrogens is 542 g/mol. The zero-order valence-electron chi connectivity index (χ0n) is 23.3. The Balaban J connectivity index is 1.29. The number of amidine groups is 1. The van der Waals surface area contributed by atoms with Crippen LogP contribution in [0.25, 0.3) is 16.8 Å². The van der Waals surface area contributed by atoms with Crippen molar-refractivity contribution in [1.29, 1.82) is 0 Å². The number of nitrogens with zero attached hydrogens (tertiary/aromatic N) is 2. The number of ether oxygens (including phenoxy) is 1. The quantitative estimate of drug-likeness (QED) is 0.233. The van der Waals surface area contributed by atoms with Gasteiger partial charge in [-0.2, -0.15) is 0 Å². The van der Waals surface area contributed by atoms with Gasteiger partial charge in [0, 0.05) is 29.1 Å². The zero-order valence-corrected chi connectivity index (χ0v) is 24.1. The van der Waals surface area contributed by atoms with Crippen molar-refractivity contribution >= 4 is 40.2 Å². The van der Waals surface area contributed by atoms with Crippen molar-refractivity contribution in [3.05, 3.63) is 131 Å². The third kappa shape index (κ3) is 5.74. The van der Waals surface area contributed by atoms with Crippen LogP contribution in [0.1, 0.15) is 40.9 Å². The van der Waals surface area contributed by atoms with Crippen LogP contribution in [0.4, 0.5) is 5.69 Å². The topological polar surface area (TPSA) is 71.0 Å². The largest absolute Gasteiger partial charge is 0.463 e. The van der Waals surface area contributed by atoms with E-state index in [0.717, 1.165) is 46.1 Å². The summed E-state index contributed by atoms with van der Waals surface area (Å²) in [6.07, 6.45) is 0.994. The van der Waals surface area contributed by atoms with Crippen LogP contribution < -0.4 is 5.32 Å². The SMILES string of the molecule is CCOC(=O)C1=C(c2ccccc2)N=C2SCCCN2C1c1ccc(NC(=O)c2ccc(-c3ccccc3)cc2)cc1. The minimum Gasteiger partial charge on any atom is -0.463 e. The average molecular weight is 574 g/mol. The Kier molecular flexibility index (Phi) is 8.19. The number of amides is 1. The number of fused-ring (bicyclic) bond motifs is 1. The van der Waals surface area contributed by atoms with E-state index in [-0.39, 0.29) is 24.5 Å². The molecule has 7 heteroatoms. The Morgan fingerprint density at radius 1 is 0.857 bits per heavy atom. The molecule has 0 aliphatic carbocycles. The molecule has 1 saturated heterocycles. The highest BCUT2D eigenvalue weighted by Crippen LogP contribution is 2.43. The fraction of sp³-hybridized carbons (Fsp3) is 0.171. The molecule has 0 spiro atoms. The van der Waals surface area contributed by atoms with Crippen LogP contribution in [-0.2, 0) is 9.53 Å². The molecule has 1 fully saturated rings. The highest BCUT2D eigenvalue weighted by molar-refractivity contribution is 8.13. The van der Waals surface area contributed by atoms with Gasteiger partial charge in [0.2, 0.25) is 0 Å². The number of hydrogen-bond acceptors (Lipinski definition) is 6. The van der Waals surface area contributed by atoms with Gasteiger partial charge in [-0.1, -0.05) is 96.7 Å². The second-order valence-electron chi connectivity index (χ2n) is 10.1. The van der Waals surface area contributed by atoms with Crippen LogP contribution >= 0.6 is 11.8 Å². The number of carbonyl (C=O) groups is 2. The van der Waals surface area contributed by atoms with Gasteiger partial charge in [0.25, 0.3) is 5.91 Å². The predicted molar refractivity (Wildman–Crippen MR) is 170 cm³/mol. The van der Waals surface area contributed by atoms with Crippen molar-refractivity contribution < 1.29 is 14.3 Å². The maximum atomic E-state index is 13.5. The molecule has 0 radical (unpaired) electrons. The Morgan fingerprint density at radius 3 is 2.17 bits per heavy atom. The molecule has 2 aliphatic heterocycles. The summed E-state index contributed by atoms with van der Waals surface area (Å²) in [6.45, 7) is 2.88. The summed E-state index contributed by atoms with van der Waals surface area (Å²) in [5.74, 6) is 0.437. The van der Waals surface area contributed by atoms with Gasteiger partial charge in [0.1, 0.15) is 0 Å². The molecule has 42 heavy (non-hydrogen) atoms. The van der Waals surface area contributed by atoms with Crippen LogP contribution in [0.15, 0.2) is 120 Å². The Labute approximate surface area is 250 Å². The first kappa shape index (κ1) is 27.5. The van der Waals surface area contributed by atoms with E-state index in [1.54, 1.807) is 11.8 Å². The van der Waals surface area contributed by atoms with Gasteiger partial charge >= 0.3 is 5.97 Å². The van der Waals surface area contributed by atoms with E-state index in [4.69, 9.17) is 9.73 Å². The smallest absolute Gasteiger partial charge is 0.338 e. The number of anilines is 1. The first-order chi connectivity index (χ1) is 20.6. The molecule has 2 heterocycles. The fourth-order valence-corrected chi connectivity index (χ4v) is 6.31. The van der Waals surface area contributed by atoms with Crippen molar-refractivity contribution in [3.8, 4) is 11.1 Å². The number of aliphatic imine (C=N–C) groups is 1. The molecule has 1 unspecified atom stereocenters. The van der Waals surface area contributed by atoms with Crippen LogP contribution in [-0.4, -0.2) is 40.8 Å². The van der Waals surface area contributed by atoms with Gasteiger partial charge in [-0.15, -0.1) is 0 Å². The van der Waals surface area contributed by atoms with Crippen LogP contribution in [0.2, 0.25) is 0 Å². The monoisotopic (exact) mass is 573 g/mol. The number of carbonyl (C=O) groups excluding carboxylic acids is 2. The lowest BCUT2D eigenvalue weighted by molar-refractivity contribution is -0.139. The molecule has 210 valence electrons. The maximum Gasteiger partial charge on any atom is 0.338 e. The number of thioether (sulfide) groups is 1. The van der Waals surface area contributed by atoms with Gasteiger partial charge in [0.15, 0.2) is 5.17 Å². The summed E-state index contributed by atoms with van der Waals surface area (Å²) in [7, 11) is 0. The Hall–Kier alpha value is -4.62. The van der Waals surface area contributed by atoms with E-state index in [1.165, 1.54) is 0 Å². The summed E-state index contributed by atoms with van der Waals surface area (Å²) >= 11 is 1.71. The molecule has 0 aromatic heterocycles. The molecular formula is C35H31N3O3S. The number of benzene rings is 4. The van der Waals surface area contributed by atoms with E-state index in [2.05, 4.69) is 10.2 Å². The maximum absolute atomic E-state index is 13.5. The van der Waals surface area contributed by atoms with Gasteiger partial charge < -0.3 is 15.0 Å². The van der Waals surface area contributed by atoms with Crippen molar-refractivity contribution in [2.75, 3.05) is 24.2 Å². The molecule has 1 atom stereocenters. The number of hydrogen-bond donors (Lipinski definition) is 1. The van der Waals surface area contributed by atoms with Gasteiger partial charge in [-0.05, 0) is 54.3 Å². The third-order valence-corrected chi connectivity index (χ3v) is 8.43. The lowest BCUT2D eigenvalue weighted by Crippen LogP contribution is -2.42. The van der Waals surface area contributed by atoms with Crippen molar-refractivity contribution in [2.45, 2.75) is 19.4 Å². The average Bonchev–Trinajstić information content (AvgIpc) is 3.05. The van der Waals surface area contributed by atoms with Gasteiger partial charge in [-0.25, -0.2) is 9.79 Å². The summed E-state index contributed by atoms with van der Waals surface area (Å²) in [5, 5.41) is 3.92. The predicted octanol–water partition coefficient (Wildman–Crippen LogP) is 7.43. The molecule has 1 N–H and O–H groups in total. The third-order valence-electron chi connectivity index (χ3n) is 7.35.